The molecular formula is C18H23N3O5S. The third kappa shape index (κ3) is 4.47. The Kier molecular flexibility index (Phi) is 5.79. The molecule has 0 saturated carbocycles. The van der Waals surface area contributed by atoms with Gasteiger partial charge in [-0.1, -0.05) is 48.8 Å². The summed E-state index contributed by atoms with van der Waals surface area (Å²) in [5.74, 6) is -0.657. The number of nitrogens with zero attached hydrogens (tertiary/aromatic N) is 3. The molecule has 1 aliphatic heterocycles. The average molecular weight is 393 g/mol. The predicted octanol–water partition coefficient (Wildman–Crippen LogP) is 1.32. The number of sulfone groups is 1. The van der Waals surface area contributed by atoms with E-state index < -0.39 is 15.6 Å². The SMILES string of the molecule is CCCCN(C(=O)Cn1c(-c2ccccc2)noc1=O)C1CCS(=O)(=O)C1. The molecule has 3 rings (SSSR count). The van der Waals surface area contributed by atoms with Gasteiger partial charge in [-0.3, -0.25) is 9.32 Å². The second-order valence-electron chi connectivity index (χ2n) is 6.72. The number of amides is 1. The van der Waals surface area contributed by atoms with E-state index >= 15 is 0 Å². The zero-order valence-corrected chi connectivity index (χ0v) is 16.0. The Morgan fingerprint density at radius 1 is 1.33 bits per heavy atom. The molecular weight excluding hydrogens is 370 g/mol. The van der Waals surface area contributed by atoms with Crippen LogP contribution in [0, 0.1) is 0 Å². The molecule has 0 spiro atoms. The van der Waals surface area contributed by atoms with Crippen molar-refractivity contribution in [3.05, 3.63) is 40.9 Å². The summed E-state index contributed by atoms with van der Waals surface area (Å²) < 4.78 is 29.6. The second-order valence-corrected chi connectivity index (χ2v) is 8.95. The van der Waals surface area contributed by atoms with E-state index in [2.05, 4.69) is 5.16 Å². The summed E-state index contributed by atoms with van der Waals surface area (Å²) in [5.41, 5.74) is 0.666. The van der Waals surface area contributed by atoms with Gasteiger partial charge in [0.15, 0.2) is 15.7 Å². The third-order valence-corrected chi connectivity index (χ3v) is 6.48. The van der Waals surface area contributed by atoms with E-state index in [1.807, 2.05) is 13.0 Å². The summed E-state index contributed by atoms with van der Waals surface area (Å²) in [6, 6.07) is 8.65. The molecule has 9 heteroatoms. The van der Waals surface area contributed by atoms with Crippen LogP contribution in [0.15, 0.2) is 39.6 Å². The van der Waals surface area contributed by atoms with Crippen LogP contribution in [0.1, 0.15) is 26.2 Å². The summed E-state index contributed by atoms with van der Waals surface area (Å²) in [4.78, 5) is 26.6. The maximum Gasteiger partial charge on any atom is 0.442 e. The fraction of sp³-hybridized carbons (Fsp3) is 0.500. The van der Waals surface area contributed by atoms with Crippen LogP contribution >= 0.6 is 0 Å². The van der Waals surface area contributed by atoms with Crippen LogP contribution in [0.3, 0.4) is 0 Å². The Morgan fingerprint density at radius 3 is 2.70 bits per heavy atom. The van der Waals surface area contributed by atoms with Gasteiger partial charge in [-0.05, 0) is 12.8 Å². The molecule has 27 heavy (non-hydrogen) atoms. The molecule has 1 aliphatic rings. The fourth-order valence-corrected chi connectivity index (χ4v) is 5.02. The molecule has 0 N–H and O–H groups in total. The van der Waals surface area contributed by atoms with Crippen molar-refractivity contribution in [1.29, 1.82) is 0 Å². The van der Waals surface area contributed by atoms with Gasteiger partial charge in [0.2, 0.25) is 5.91 Å². The first kappa shape index (κ1) is 19.3. The number of hydrogen-bond acceptors (Lipinski definition) is 6. The lowest BCUT2D eigenvalue weighted by atomic mass is 10.2. The van der Waals surface area contributed by atoms with Gasteiger partial charge in [0.25, 0.3) is 0 Å². The molecule has 1 unspecified atom stereocenters. The minimum absolute atomic E-state index is 0.0213. The summed E-state index contributed by atoms with van der Waals surface area (Å²) in [5, 5.41) is 3.79. The van der Waals surface area contributed by atoms with Crippen LogP contribution < -0.4 is 5.76 Å². The molecule has 0 bridgehead atoms. The number of rotatable bonds is 7. The Bertz CT molecular complexity index is 949. The van der Waals surface area contributed by atoms with Gasteiger partial charge in [0, 0.05) is 18.2 Å². The Balaban J connectivity index is 1.84. The van der Waals surface area contributed by atoms with Gasteiger partial charge in [-0.2, -0.15) is 0 Å². The van der Waals surface area contributed by atoms with Crippen molar-refractivity contribution in [3.63, 3.8) is 0 Å². The molecule has 0 aliphatic carbocycles. The molecule has 1 fully saturated rings. The van der Waals surface area contributed by atoms with E-state index in [9.17, 15) is 18.0 Å². The maximum atomic E-state index is 13.0. The van der Waals surface area contributed by atoms with E-state index in [-0.39, 0.29) is 35.8 Å². The highest BCUT2D eigenvalue weighted by Crippen LogP contribution is 2.20. The van der Waals surface area contributed by atoms with Gasteiger partial charge in [-0.25, -0.2) is 17.8 Å². The Morgan fingerprint density at radius 2 is 2.07 bits per heavy atom. The average Bonchev–Trinajstić information content (AvgIpc) is 3.19. The minimum atomic E-state index is -3.11. The third-order valence-electron chi connectivity index (χ3n) is 4.73. The molecule has 2 heterocycles. The van der Waals surface area contributed by atoms with Gasteiger partial charge in [0.1, 0.15) is 6.54 Å². The summed E-state index contributed by atoms with van der Waals surface area (Å²) in [6.45, 7) is 2.25. The Hall–Kier alpha value is -2.42. The number of hydrogen-bond donors (Lipinski definition) is 0. The molecule has 1 atom stereocenters. The van der Waals surface area contributed by atoms with E-state index in [1.165, 1.54) is 4.57 Å². The summed E-state index contributed by atoms with van der Waals surface area (Å²) >= 11 is 0. The smallest absolute Gasteiger partial charge is 0.337 e. The van der Waals surface area contributed by atoms with Crippen molar-refractivity contribution in [2.24, 2.45) is 0 Å². The van der Waals surface area contributed by atoms with E-state index in [0.29, 0.717) is 18.5 Å². The van der Waals surface area contributed by atoms with Crippen molar-refractivity contribution >= 4 is 15.7 Å². The number of unbranched alkanes of at least 4 members (excludes halogenated alkanes) is 1. The van der Waals surface area contributed by atoms with Crippen molar-refractivity contribution in [2.45, 2.75) is 38.8 Å². The van der Waals surface area contributed by atoms with Crippen LogP contribution in [0.2, 0.25) is 0 Å². The lowest BCUT2D eigenvalue weighted by Gasteiger charge is -2.28. The number of carbonyl (C=O) groups is 1. The van der Waals surface area contributed by atoms with E-state index in [4.69, 9.17) is 4.52 Å². The van der Waals surface area contributed by atoms with Crippen LogP contribution in [0.25, 0.3) is 11.4 Å². The van der Waals surface area contributed by atoms with E-state index in [0.717, 1.165) is 12.8 Å². The van der Waals surface area contributed by atoms with Crippen molar-refractivity contribution < 1.29 is 17.7 Å². The largest absolute Gasteiger partial charge is 0.442 e. The molecule has 146 valence electrons. The van der Waals surface area contributed by atoms with Crippen LogP contribution in [0.4, 0.5) is 0 Å². The van der Waals surface area contributed by atoms with Gasteiger partial charge < -0.3 is 4.90 Å². The highest BCUT2D eigenvalue weighted by atomic mass is 32.2. The van der Waals surface area contributed by atoms with Crippen LogP contribution in [-0.2, 0) is 21.2 Å². The van der Waals surface area contributed by atoms with Crippen LogP contribution in [-0.4, -0.2) is 53.0 Å². The molecule has 1 amide bonds. The lowest BCUT2D eigenvalue weighted by molar-refractivity contribution is -0.133. The van der Waals surface area contributed by atoms with Crippen LogP contribution in [0.5, 0.6) is 0 Å². The van der Waals surface area contributed by atoms with Gasteiger partial charge in [-0.15, -0.1) is 0 Å². The molecule has 8 nitrogen and oxygen atoms in total. The lowest BCUT2D eigenvalue weighted by Crippen LogP contribution is -2.44. The van der Waals surface area contributed by atoms with Crippen molar-refractivity contribution in [1.82, 2.24) is 14.6 Å². The second kappa shape index (κ2) is 8.08. The zero-order valence-electron chi connectivity index (χ0n) is 15.2. The first-order valence-corrected chi connectivity index (χ1v) is 10.8. The molecule has 2 aromatic rings. The standard InChI is InChI=1S/C18H23N3O5S/c1-2-3-10-20(15-9-11-27(24,25)13-15)16(22)12-21-17(19-26-18(21)23)14-7-5-4-6-8-14/h4-8,15H,2-3,9-13H2,1H3. The molecule has 0 radical (unpaired) electrons. The highest BCUT2D eigenvalue weighted by Gasteiger charge is 2.34. The summed E-state index contributed by atoms with van der Waals surface area (Å²) in [6.07, 6.45) is 2.08. The molecule has 1 aromatic carbocycles. The predicted molar refractivity (Wildman–Crippen MR) is 99.9 cm³/mol. The van der Waals surface area contributed by atoms with Crippen molar-refractivity contribution in [3.8, 4) is 11.4 Å². The first-order chi connectivity index (χ1) is 12.9. The Labute approximate surface area is 157 Å². The topological polar surface area (TPSA) is 102 Å². The highest BCUT2D eigenvalue weighted by molar-refractivity contribution is 7.91. The van der Waals surface area contributed by atoms with Crippen molar-refractivity contribution in [2.75, 3.05) is 18.1 Å². The van der Waals surface area contributed by atoms with E-state index in [1.54, 1.807) is 29.2 Å². The fourth-order valence-electron chi connectivity index (χ4n) is 3.29. The number of benzene rings is 1. The number of aromatic nitrogens is 2. The molecule has 1 saturated heterocycles. The molecule has 1 aromatic heterocycles. The van der Waals surface area contributed by atoms with Gasteiger partial charge in [0.05, 0.1) is 11.5 Å². The first-order valence-electron chi connectivity index (χ1n) is 9.03. The maximum absolute atomic E-state index is 13.0. The normalized spacial score (nSPS) is 18.5. The number of carbonyl (C=O) groups excluding carboxylic acids is 1. The summed E-state index contributed by atoms with van der Waals surface area (Å²) in [7, 11) is -3.11. The quantitative estimate of drug-likeness (QED) is 0.703. The monoisotopic (exact) mass is 393 g/mol. The van der Waals surface area contributed by atoms with Gasteiger partial charge >= 0.3 is 5.76 Å². The minimum Gasteiger partial charge on any atom is -0.337 e. The zero-order chi connectivity index (χ0) is 19.4.